The number of nitrogens with zero attached hydrogens (tertiary/aromatic N) is 3. The Morgan fingerprint density at radius 3 is 2.37 bits per heavy atom. The van der Waals surface area contributed by atoms with E-state index < -0.39 is 30.1 Å². The lowest BCUT2D eigenvalue weighted by Crippen LogP contribution is -2.58. The molecule has 0 saturated carbocycles. The van der Waals surface area contributed by atoms with E-state index in [-0.39, 0.29) is 53.8 Å². The maximum absolute atomic E-state index is 14.2. The average molecular weight is 728 g/mol. The molecule has 11 nitrogen and oxygen atoms in total. The number of hydrogen-bond acceptors (Lipinski definition) is 8. The van der Waals surface area contributed by atoms with Gasteiger partial charge in [0.05, 0.1) is 12.0 Å². The molecule has 1 aromatic heterocycles. The highest BCUT2D eigenvalue weighted by molar-refractivity contribution is 7.09. The maximum Gasteiger partial charge on any atom is 0.306 e. The summed E-state index contributed by atoms with van der Waals surface area (Å²) in [6, 6.07) is 8.17. The largest absolute Gasteiger partial charge is 0.481 e. The second-order valence-corrected chi connectivity index (χ2v) is 15.5. The molecule has 51 heavy (non-hydrogen) atoms. The summed E-state index contributed by atoms with van der Waals surface area (Å²) in [7, 11) is 3.78. The minimum absolute atomic E-state index is 0.0537. The number of carbonyl (C=O) groups is 4. The first-order chi connectivity index (χ1) is 24.3. The molecule has 0 bridgehead atoms. The normalized spacial score (nSPS) is 18.6. The molecule has 1 saturated heterocycles. The predicted molar refractivity (Wildman–Crippen MR) is 202 cm³/mol. The lowest BCUT2D eigenvalue weighted by Gasteiger charge is -2.38. The zero-order chi connectivity index (χ0) is 37.7. The second kappa shape index (κ2) is 20.6. The standard InChI is InChI=1S/C39H61N5O6S/c1-9-20-50-33(37-41-30(24-51-37)35(45)40-29(21-27(6)39(48)49)22-28-16-12-11-13-17-28)23-32(25(3)4)44(8)38(47)34(26(5)10-2)42-36(46)31-18-14-15-19-43(31)7/h11-13,16-17,24-27,29,31-34H,9-10,14-15,18-23H2,1-8H3,(H,40,45)(H,42,46)(H,48,49)/t26-,27-,29+,31+,32+,33+,34-/m0/s1. The van der Waals surface area contributed by atoms with Crippen molar-refractivity contribution in [3.8, 4) is 0 Å². The number of benzene rings is 1. The van der Waals surface area contributed by atoms with E-state index in [1.54, 1.807) is 17.2 Å². The summed E-state index contributed by atoms with van der Waals surface area (Å²) < 4.78 is 6.34. The number of ether oxygens (including phenoxy) is 1. The fourth-order valence-electron chi connectivity index (χ4n) is 6.74. The smallest absolute Gasteiger partial charge is 0.306 e. The van der Waals surface area contributed by atoms with E-state index in [1.807, 2.05) is 65.2 Å². The number of hydrogen-bond donors (Lipinski definition) is 3. The molecule has 0 aliphatic carbocycles. The van der Waals surface area contributed by atoms with Crippen LogP contribution in [0.5, 0.6) is 0 Å². The number of aromatic nitrogens is 1. The van der Waals surface area contributed by atoms with Crippen LogP contribution >= 0.6 is 11.3 Å². The highest BCUT2D eigenvalue weighted by Crippen LogP contribution is 2.31. The van der Waals surface area contributed by atoms with Crippen molar-refractivity contribution >= 4 is 35.0 Å². The van der Waals surface area contributed by atoms with E-state index in [0.29, 0.717) is 24.5 Å². The summed E-state index contributed by atoms with van der Waals surface area (Å²) >= 11 is 1.34. The number of aliphatic carboxylic acids is 1. The lowest BCUT2D eigenvalue weighted by molar-refractivity contribution is -0.141. The third kappa shape index (κ3) is 12.4. The predicted octanol–water partition coefficient (Wildman–Crippen LogP) is 5.95. The molecule has 0 unspecified atom stereocenters. The van der Waals surface area contributed by atoms with E-state index in [9.17, 15) is 24.3 Å². The van der Waals surface area contributed by atoms with E-state index in [4.69, 9.17) is 9.72 Å². The Hall–Kier alpha value is -3.35. The number of likely N-dealkylation sites (N-methyl/N-ethyl adjacent to an activating group) is 2. The number of carbonyl (C=O) groups excluding carboxylic acids is 3. The van der Waals surface area contributed by atoms with Crippen LogP contribution < -0.4 is 10.6 Å². The van der Waals surface area contributed by atoms with Gasteiger partial charge in [0, 0.05) is 37.5 Å². The van der Waals surface area contributed by atoms with Crippen LogP contribution in [0.25, 0.3) is 0 Å². The second-order valence-electron chi connectivity index (χ2n) is 14.6. The van der Waals surface area contributed by atoms with Crippen LogP contribution in [0.15, 0.2) is 35.7 Å². The van der Waals surface area contributed by atoms with Crippen LogP contribution in [0, 0.1) is 17.8 Å². The summed E-state index contributed by atoms with van der Waals surface area (Å²) in [5.74, 6) is -2.11. The number of likely N-dealkylation sites (tertiary alicyclic amines) is 1. The lowest BCUT2D eigenvalue weighted by atomic mass is 9.92. The van der Waals surface area contributed by atoms with E-state index in [1.165, 1.54) is 11.3 Å². The number of carboxylic acids is 1. The van der Waals surface area contributed by atoms with Gasteiger partial charge < -0.3 is 25.4 Å². The fraction of sp³-hybridized carbons (Fsp3) is 0.667. The van der Waals surface area contributed by atoms with E-state index in [0.717, 1.165) is 44.2 Å². The molecule has 1 aliphatic heterocycles. The molecule has 284 valence electrons. The van der Waals surface area contributed by atoms with Crippen LogP contribution in [0.2, 0.25) is 0 Å². The minimum Gasteiger partial charge on any atom is -0.481 e. The van der Waals surface area contributed by atoms with Crippen LogP contribution in [0.1, 0.15) is 114 Å². The number of rotatable bonds is 20. The quantitative estimate of drug-likeness (QED) is 0.152. The number of piperidine rings is 1. The van der Waals surface area contributed by atoms with Gasteiger partial charge in [-0.2, -0.15) is 0 Å². The Kier molecular flexibility index (Phi) is 17.0. The fourth-order valence-corrected chi connectivity index (χ4v) is 7.60. The molecule has 3 N–H and O–H groups in total. The van der Waals surface area contributed by atoms with Crippen molar-refractivity contribution in [2.24, 2.45) is 17.8 Å². The van der Waals surface area contributed by atoms with Gasteiger partial charge in [0.15, 0.2) is 0 Å². The zero-order valence-corrected chi connectivity index (χ0v) is 32.7. The van der Waals surface area contributed by atoms with Crippen molar-refractivity contribution in [3.63, 3.8) is 0 Å². The molecule has 1 fully saturated rings. The van der Waals surface area contributed by atoms with Gasteiger partial charge in [-0.15, -0.1) is 11.3 Å². The van der Waals surface area contributed by atoms with Crippen molar-refractivity contribution in [2.45, 2.75) is 123 Å². The van der Waals surface area contributed by atoms with Gasteiger partial charge in [0.25, 0.3) is 5.91 Å². The Labute approximate surface area is 308 Å². The molecule has 1 aromatic carbocycles. The van der Waals surface area contributed by atoms with Gasteiger partial charge >= 0.3 is 5.97 Å². The van der Waals surface area contributed by atoms with Gasteiger partial charge in [-0.3, -0.25) is 24.1 Å². The summed E-state index contributed by atoms with van der Waals surface area (Å²) in [5.41, 5.74) is 1.25. The number of nitrogens with one attached hydrogen (secondary N) is 2. The first kappa shape index (κ1) is 42.1. The van der Waals surface area contributed by atoms with Crippen molar-refractivity contribution < 1.29 is 29.0 Å². The molecule has 2 aromatic rings. The van der Waals surface area contributed by atoms with E-state index in [2.05, 4.69) is 29.4 Å². The summed E-state index contributed by atoms with van der Waals surface area (Å²) in [6.07, 6.45) is 5.16. The van der Waals surface area contributed by atoms with Crippen molar-refractivity contribution in [1.29, 1.82) is 0 Å². The number of amides is 3. The highest BCUT2D eigenvalue weighted by Gasteiger charge is 2.37. The Morgan fingerprint density at radius 1 is 1.06 bits per heavy atom. The molecule has 12 heteroatoms. The summed E-state index contributed by atoms with van der Waals surface area (Å²) in [5, 5.41) is 18.1. The first-order valence-electron chi connectivity index (χ1n) is 18.7. The summed E-state index contributed by atoms with van der Waals surface area (Å²) in [6.45, 7) is 13.2. The Morgan fingerprint density at radius 2 is 1.76 bits per heavy atom. The highest BCUT2D eigenvalue weighted by atomic mass is 32.1. The molecule has 0 radical (unpaired) electrons. The number of thiazole rings is 1. The van der Waals surface area contributed by atoms with Crippen LogP contribution in [-0.2, 0) is 25.5 Å². The molecule has 2 heterocycles. The molecular formula is C39H61N5O6S. The average Bonchev–Trinajstić information content (AvgIpc) is 3.60. The summed E-state index contributed by atoms with van der Waals surface area (Å²) in [4.78, 5) is 61.4. The van der Waals surface area contributed by atoms with Crippen LogP contribution in [-0.4, -0.2) is 95.0 Å². The van der Waals surface area contributed by atoms with Gasteiger partial charge in [-0.1, -0.05) is 84.7 Å². The van der Waals surface area contributed by atoms with Crippen LogP contribution in [0.3, 0.4) is 0 Å². The third-order valence-corrected chi connectivity index (χ3v) is 11.1. The Balaban J connectivity index is 1.80. The zero-order valence-electron chi connectivity index (χ0n) is 31.9. The van der Waals surface area contributed by atoms with Crippen molar-refractivity contribution in [1.82, 2.24) is 25.4 Å². The van der Waals surface area contributed by atoms with Gasteiger partial charge in [-0.05, 0) is 63.1 Å². The molecule has 3 amide bonds. The van der Waals surface area contributed by atoms with E-state index >= 15 is 0 Å². The monoisotopic (exact) mass is 727 g/mol. The van der Waals surface area contributed by atoms with Gasteiger partial charge in [0.1, 0.15) is 22.8 Å². The van der Waals surface area contributed by atoms with Crippen molar-refractivity contribution in [3.05, 3.63) is 52.0 Å². The third-order valence-electron chi connectivity index (χ3n) is 10.2. The molecule has 3 rings (SSSR count). The maximum atomic E-state index is 14.2. The molecule has 0 spiro atoms. The van der Waals surface area contributed by atoms with Gasteiger partial charge in [0.2, 0.25) is 11.8 Å². The molecular weight excluding hydrogens is 667 g/mol. The SMILES string of the molecule is CCCO[C@H](C[C@H](C(C)C)N(C)C(=O)[C@@H](NC(=O)[C@H]1CCCCN1C)[C@@H](C)CC)c1nc(C(=O)N[C@@H](Cc2ccccc2)C[C@H](C)C(=O)O)cs1. The molecule has 1 aliphatic rings. The Bertz CT molecular complexity index is 1400. The topological polar surface area (TPSA) is 141 Å². The number of carboxylic acid groups (broad SMARTS) is 1. The van der Waals surface area contributed by atoms with Gasteiger partial charge in [-0.25, -0.2) is 4.98 Å². The van der Waals surface area contributed by atoms with Crippen molar-refractivity contribution in [2.75, 3.05) is 27.2 Å². The van der Waals surface area contributed by atoms with Crippen LogP contribution in [0.4, 0.5) is 0 Å². The minimum atomic E-state index is -0.910. The first-order valence-corrected chi connectivity index (χ1v) is 19.6. The molecule has 7 atom stereocenters.